The van der Waals surface area contributed by atoms with E-state index in [4.69, 9.17) is 9.63 Å². The van der Waals surface area contributed by atoms with E-state index in [0.29, 0.717) is 5.76 Å². The molecule has 0 saturated heterocycles. The van der Waals surface area contributed by atoms with Gasteiger partial charge in [-0.25, -0.2) is 0 Å². The van der Waals surface area contributed by atoms with Crippen LogP contribution in [0.3, 0.4) is 0 Å². The fourth-order valence-corrected chi connectivity index (χ4v) is 2.25. The number of hydrogen-bond donors (Lipinski definition) is 3. The van der Waals surface area contributed by atoms with Crippen molar-refractivity contribution in [3.05, 3.63) is 53.4 Å². The lowest BCUT2D eigenvalue weighted by molar-refractivity contribution is -0.138. The van der Waals surface area contributed by atoms with Crippen LogP contribution in [-0.4, -0.2) is 40.6 Å². The Morgan fingerprint density at radius 1 is 1.19 bits per heavy atom. The number of aromatic nitrogens is 1. The highest BCUT2D eigenvalue weighted by molar-refractivity contribution is 5.96. The standard InChI is InChI=1S/C18H21N3O5/c1-11(2)15-9-14(21-26-15)18(25)20-13(17(24)19-10-16(22)23)8-12-6-4-3-5-7-12/h3-7,9,11,13H,8,10H2,1-2H3,(H,19,24)(H,20,25)(H,22,23)/t13-/m0/s1. The molecule has 1 atom stereocenters. The van der Waals surface area contributed by atoms with Crippen LogP contribution in [-0.2, 0) is 16.0 Å². The molecule has 26 heavy (non-hydrogen) atoms. The van der Waals surface area contributed by atoms with Crippen LogP contribution >= 0.6 is 0 Å². The first-order valence-corrected chi connectivity index (χ1v) is 8.17. The fourth-order valence-electron chi connectivity index (χ4n) is 2.25. The van der Waals surface area contributed by atoms with Crippen molar-refractivity contribution in [3.8, 4) is 0 Å². The third kappa shape index (κ3) is 5.44. The van der Waals surface area contributed by atoms with E-state index in [1.807, 2.05) is 44.2 Å². The Morgan fingerprint density at radius 2 is 1.88 bits per heavy atom. The summed E-state index contributed by atoms with van der Waals surface area (Å²) in [6.07, 6.45) is 0.215. The molecule has 2 aromatic rings. The molecule has 0 saturated carbocycles. The lowest BCUT2D eigenvalue weighted by atomic mass is 10.0. The first-order chi connectivity index (χ1) is 12.4. The van der Waals surface area contributed by atoms with Gasteiger partial charge in [0.2, 0.25) is 5.91 Å². The number of carbonyl (C=O) groups is 3. The predicted octanol–water partition coefficient (Wildman–Crippen LogP) is 1.34. The summed E-state index contributed by atoms with van der Waals surface area (Å²) in [5.41, 5.74) is 0.893. The van der Waals surface area contributed by atoms with Crippen molar-refractivity contribution in [1.82, 2.24) is 15.8 Å². The third-order valence-electron chi connectivity index (χ3n) is 3.65. The number of carbonyl (C=O) groups excluding carboxylic acids is 2. The van der Waals surface area contributed by atoms with Crippen molar-refractivity contribution in [1.29, 1.82) is 0 Å². The molecule has 2 amide bonds. The number of rotatable bonds is 8. The second-order valence-electron chi connectivity index (χ2n) is 6.10. The van der Waals surface area contributed by atoms with Gasteiger partial charge in [0.1, 0.15) is 18.3 Å². The first-order valence-electron chi connectivity index (χ1n) is 8.17. The van der Waals surface area contributed by atoms with Crippen molar-refractivity contribution >= 4 is 17.8 Å². The van der Waals surface area contributed by atoms with E-state index in [9.17, 15) is 14.4 Å². The van der Waals surface area contributed by atoms with Crippen LogP contribution in [0.25, 0.3) is 0 Å². The average molecular weight is 359 g/mol. The van der Waals surface area contributed by atoms with Gasteiger partial charge in [0.25, 0.3) is 5.91 Å². The first kappa shape index (κ1) is 19.2. The van der Waals surface area contributed by atoms with Gasteiger partial charge in [0, 0.05) is 18.4 Å². The van der Waals surface area contributed by atoms with Gasteiger partial charge in [-0.15, -0.1) is 0 Å². The maximum absolute atomic E-state index is 12.4. The van der Waals surface area contributed by atoms with Gasteiger partial charge in [0.05, 0.1) is 0 Å². The van der Waals surface area contributed by atoms with Gasteiger partial charge in [-0.2, -0.15) is 0 Å². The molecule has 1 aromatic heterocycles. The summed E-state index contributed by atoms with van der Waals surface area (Å²) in [5.74, 6) is -1.68. The number of hydrogen-bond acceptors (Lipinski definition) is 5. The molecule has 2 rings (SSSR count). The molecule has 0 unspecified atom stereocenters. The molecule has 0 bridgehead atoms. The minimum atomic E-state index is -1.17. The molecular weight excluding hydrogens is 338 g/mol. The topological polar surface area (TPSA) is 122 Å². The molecule has 0 fully saturated rings. The highest BCUT2D eigenvalue weighted by Gasteiger charge is 2.24. The molecule has 8 heteroatoms. The Hall–Kier alpha value is -3.16. The smallest absolute Gasteiger partial charge is 0.322 e. The molecular formula is C18H21N3O5. The van der Waals surface area contributed by atoms with Crippen molar-refractivity contribution in [2.24, 2.45) is 0 Å². The Balaban J connectivity index is 2.12. The summed E-state index contributed by atoms with van der Waals surface area (Å²) < 4.78 is 5.10. The van der Waals surface area contributed by atoms with Crippen LogP contribution in [0, 0.1) is 0 Å². The van der Waals surface area contributed by atoms with Crippen molar-refractivity contribution in [3.63, 3.8) is 0 Å². The van der Waals surface area contributed by atoms with Gasteiger partial charge >= 0.3 is 5.97 Å². The predicted molar refractivity (Wildman–Crippen MR) is 92.6 cm³/mol. The van der Waals surface area contributed by atoms with E-state index in [-0.39, 0.29) is 18.0 Å². The molecule has 1 heterocycles. The van der Waals surface area contributed by atoms with Gasteiger partial charge in [-0.3, -0.25) is 14.4 Å². The van der Waals surface area contributed by atoms with E-state index in [2.05, 4.69) is 15.8 Å². The highest BCUT2D eigenvalue weighted by atomic mass is 16.5. The lowest BCUT2D eigenvalue weighted by Crippen LogP contribution is -2.49. The van der Waals surface area contributed by atoms with E-state index in [0.717, 1.165) is 5.56 Å². The number of benzene rings is 1. The number of aliphatic carboxylic acids is 1. The molecule has 0 aliphatic carbocycles. The fraction of sp³-hybridized carbons (Fsp3) is 0.333. The minimum absolute atomic E-state index is 0.0674. The van der Waals surface area contributed by atoms with Crippen molar-refractivity contribution in [2.45, 2.75) is 32.2 Å². The Labute approximate surface area is 150 Å². The van der Waals surface area contributed by atoms with E-state index < -0.39 is 30.4 Å². The largest absolute Gasteiger partial charge is 0.480 e. The Bertz CT molecular complexity index is 770. The molecule has 3 N–H and O–H groups in total. The highest BCUT2D eigenvalue weighted by Crippen LogP contribution is 2.15. The number of carboxylic acid groups (broad SMARTS) is 1. The van der Waals surface area contributed by atoms with Crippen LogP contribution in [0.5, 0.6) is 0 Å². The SMILES string of the molecule is CC(C)c1cc(C(=O)N[C@@H](Cc2ccccc2)C(=O)NCC(=O)O)no1. The van der Waals surface area contributed by atoms with E-state index in [1.165, 1.54) is 6.07 Å². The average Bonchev–Trinajstić information content (AvgIpc) is 3.10. The number of nitrogens with one attached hydrogen (secondary N) is 2. The molecule has 0 aliphatic rings. The zero-order valence-corrected chi connectivity index (χ0v) is 14.6. The van der Waals surface area contributed by atoms with Crippen molar-refractivity contribution < 1.29 is 24.0 Å². The van der Waals surface area contributed by atoms with Crippen LogP contribution in [0.2, 0.25) is 0 Å². The molecule has 0 radical (unpaired) electrons. The van der Waals surface area contributed by atoms with Crippen LogP contribution in [0.15, 0.2) is 40.9 Å². The summed E-state index contributed by atoms with van der Waals surface area (Å²) in [6.45, 7) is 3.28. The Morgan fingerprint density at radius 3 is 2.46 bits per heavy atom. The number of amides is 2. The Kier molecular flexibility index (Phi) is 6.48. The maximum atomic E-state index is 12.4. The molecule has 138 valence electrons. The van der Waals surface area contributed by atoms with Gasteiger partial charge in [0.15, 0.2) is 5.69 Å². The second-order valence-corrected chi connectivity index (χ2v) is 6.10. The van der Waals surface area contributed by atoms with Crippen LogP contribution < -0.4 is 10.6 Å². The molecule has 0 aliphatic heterocycles. The third-order valence-corrected chi connectivity index (χ3v) is 3.65. The van der Waals surface area contributed by atoms with Crippen LogP contribution in [0.4, 0.5) is 0 Å². The van der Waals surface area contributed by atoms with E-state index >= 15 is 0 Å². The normalized spacial score (nSPS) is 11.8. The van der Waals surface area contributed by atoms with Gasteiger partial charge in [-0.1, -0.05) is 49.3 Å². The summed E-state index contributed by atoms with van der Waals surface area (Å²) in [6, 6.07) is 9.68. The monoisotopic (exact) mass is 359 g/mol. The quantitative estimate of drug-likeness (QED) is 0.654. The summed E-state index contributed by atoms with van der Waals surface area (Å²) in [7, 11) is 0. The van der Waals surface area contributed by atoms with Gasteiger partial charge < -0.3 is 20.3 Å². The van der Waals surface area contributed by atoms with Gasteiger partial charge in [-0.05, 0) is 5.56 Å². The van der Waals surface area contributed by atoms with E-state index in [1.54, 1.807) is 0 Å². The zero-order chi connectivity index (χ0) is 19.1. The summed E-state index contributed by atoms with van der Waals surface area (Å²) >= 11 is 0. The zero-order valence-electron chi connectivity index (χ0n) is 14.6. The van der Waals surface area contributed by atoms with Crippen molar-refractivity contribution in [2.75, 3.05) is 6.54 Å². The summed E-state index contributed by atoms with van der Waals surface area (Å²) in [5, 5.41) is 17.3. The molecule has 0 spiro atoms. The second kappa shape index (κ2) is 8.80. The summed E-state index contributed by atoms with van der Waals surface area (Å²) in [4.78, 5) is 35.4. The van der Waals surface area contributed by atoms with Crippen LogP contribution in [0.1, 0.15) is 41.6 Å². The minimum Gasteiger partial charge on any atom is -0.480 e. The number of carboxylic acids is 1. The maximum Gasteiger partial charge on any atom is 0.322 e. The number of nitrogens with zero attached hydrogens (tertiary/aromatic N) is 1. The molecule has 1 aromatic carbocycles. The lowest BCUT2D eigenvalue weighted by Gasteiger charge is -2.17. The molecule has 8 nitrogen and oxygen atoms in total.